The lowest BCUT2D eigenvalue weighted by molar-refractivity contribution is 0.420. The maximum atomic E-state index is 4.42. The Kier molecular flexibility index (Phi) is 2.03. The average Bonchev–Trinajstić information content (AvgIpc) is 1.97. The van der Waals surface area contributed by atoms with Gasteiger partial charge in [0.15, 0.2) is 0 Å². The molecule has 62 valence electrons. The van der Waals surface area contributed by atoms with Crippen molar-refractivity contribution in [2.75, 3.05) is 7.05 Å². The fourth-order valence-electron chi connectivity index (χ4n) is 1.28. The van der Waals surface area contributed by atoms with Crippen molar-refractivity contribution in [3.63, 3.8) is 0 Å². The molecule has 1 rings (SSSR count). The highest BCUT2D eigenvalue weighted by Gasteiger charge is 2.18. The molecule has 2 nitrogen and oxygen atoms in total. The first-order chi connectivity index (χ1) is 5.04. The van der Waals surface area contributed by atoms with Crippen molar-refractivity contribution in [2.45, 2.75) is 33.7 Å². The van der Waals surface area contributed by atoms with E-state index in [9.17, 15) is 0 Å². The lowest BCUT2D eigenvalue weighted by Crippen LogP contribution is -2.37. The van der Waals surface area contributed by atoms with E-state index in [0.717, 1.165) is 5.84 Å². The molecule has 1 aliphatic heterocycles. The zero-order valence-corrected chi connectivity index (χ0v) is 7.97. The van der Waals surface area contributed by atoms with Crippen LogP contribution in [-0.4, -0.2) is 23.8 Å². The Bertz CT molecular complexity index is 226. The summed E-state index contributed by atoms with van der Waals surface area (Å²) in [5.41, 5.74) is 2.55. The predicted octanol–water partition coefficient (Wildman–Crippen LogP) is 2.03. The van der Waals surface area contributed by atoms with E-state index in [-0.39, 0.29) is 0 Å². The second-order valence-corrected chi connectivity index (χ2v) is 3.21. The predicted molar refractivity (Wildman–Crippen MR) is 48.7 cm³/mol. The van der Waals surface area contributed by atoms with Crippen molar-refractivity contribution in [1.29, 1.82) is 0 Å². The van der Waals surface area contributed by atoms with Crippen LogP contribution in [0.5, 0.6) is 0 Å². The van der Waals surface area contributed by atoms with Gasteiger partial charge in [-0.1, -0.05) is 0 Å². The number of aliphatic imine (C=N–C) groups is 1. The fourth-order valence-corrected chi connectivity index (χ4v) is 1.28. The van der Waals surface area contributed by atoms with E-state index >= 15 is 0 Å². The summed E-state index contributed by atoms with van der Waals surface area (Å²) in [6.45, 7) is 8.47. The Morgan fingerprint density at radius 3 is 2.36 bits per heavy atom. The van der Waals surface area contributed by atoms with Gasteiger partial charge in [0.25, 0.3) is 0 Å². The Hall–Kier alpha value is -0.790. The molecule has 0 aromatic rings. The highest BCUT2D eigenvalue weighted by molar-refractivity contribution is 5.82. The van der Waals surface area contributed by atoms with Crippen molar-refractivity contribution < 1.29 is 0 Å². The number of hydrogen-bond acceptors (Lipinski definition) is 2. The van der Waals surface area contributed by atoms with Crippen molar-refractivity contribution in [3.05, 3.63) is 11.3 Å². The van der Waals surface area contributed by atoms with E-state index in [1.165, 1.54) is 11.3 Å². The van der Waals surface area contributed by atoms with Crippen LogP contribution in [0.3, 0.4) is 0 Å². The third kappa shape index (κ3) is 1.30. The summed E-state index contributed by atoms with van der Waals surface area (Å²) >= 11 is 0. The van der Waals surface area contributed by atoms with Gasteiger partial charge < -0.3 is 4.90 Å². The molecule has 1 aliphatic rings. The summed E-state index contributed by atoms with van der Waals surface area (Å²) in [6, 6.07) is 0.507. The standard InChI is InChI=1S/C9H16N2/c1-6-7(2)10-9(4)11(5)8(6)3/h8H,1-5H3. The maximum absolute atomic E-state index is 4.42. The molecular formula is C9H16N2. The zero-order chi connectivity index (χ0) is 8.59. The highest BCUT2D eigenvalue weighted by atomic mass is 15.2. The SMILES string of the molecule is CC1=NC(C)=C(C)C(C)N1C. The Morgan fingerprint density at radius 1 is 1.27 bits per heavy atom. The van der Waals surface area contributed by atoms with Gasteiger partial charge in [0.2, 0.25) is 0 Å². The number of nitrogens with zero attached hydrogens (tertiary/aromatic N) is 2. The minimum atomic E-state index is 0.507. The second-order valence-electron chi connectivity index (χ2n) is 3.21. The van der Waals surface area contributed by atoms with E-state index in [0.29, 0.717) is 6.04 Å². The van der Waals surface area contributed by atoms with Crippen molar-refractivity contribution in [2.24, 2.45) is 4.99 Å². The van der Waals surface area contributed by atoms with Crippen LogP contribution in [0.2, 0.25) is 0 Å². The summed E-state index contributed by atoms with van der Waals surface area (Å²) in [5, 5.41) is 0. The van der Waals surface area contributed by atoms with Crippen molar-refractivity contribution >= 4 is 5.84 Å². The molecule has 2 heteroatoms. The molecule has 0 spiro atoms. The molecule has 0 amide bonds. The van der Waals surface area contributed by atoms with Gasteiger partial charge in [-0.2, -0.15) is 0 Å². The average molecular weight is 152 g/mol. The topological polar surface area (TPSA) is 15.6 Å². The normalized spacial score (nSPS) is 25.7. The fraction of sp³-hybridized carbons (Fsp3) is 0.667. The van der Waals surface area contributed by atoms with Gasteiger partial charge in [-0.3, -0.25) is 0 Å². The molecule has 0 saturated heterocycles. The Labute approximate surface area is 68.6 Å². The van der Waals surface area contributed by atoms with Crippen LogP contribution in [0.25, 0.3) is 0 Å². The van der Waals surface area contributed by atoms with E-state index < -0.39 is 0 Å². The first-order valence-corrected chi connectivity index (χ1v) is 3.99. The molecule has 0 fully saturated rings. The van der Waals surface area contributed by atoms with Crippen molar-refractivity contribution in [3.8, 4) is 0 Å². The molecule has 0 bridgehead atoms. The molecule has 0 aromatic carbocycles. The highest BCUT2D eigenvalue weighted by Crippen LogP contribution is 2.19. The lowest BCUT2D eigenvalue weighted by Gasteiger charge is -2.31. The summed E-state index contributed by atoms with van der Waals surface area (Å²) in [7, 11) is 2.08. The minimum Gasteiger partial charge on any atom is -0.357 e. The molecule has 0 saturated carbocycles. The molecule has 1 atom stereocenters. The largest absolute Gasteiger partial charge is 0.357 e. The van der Waals surface area contributed by atoms with Crippen molar-refractivity contribution in [1.82, 2.24) is 4.90 Å². The van der Waals surface area contributed by atoms with Gasteiger partial charge in [0, 0.05) is 18.8 Å². The monoisotopic (exact) mass is 152 g/mol. The number of amidine groups is 1. The van der Waals surface area contributed by atoms with Gasteiger partial charge in [-0.15, -0.1) is 0 Å². The van der Waals surface area contributed by atoms with E-state index in [1.807, 2.05) is 6.92 Å². The van der Waals surface area contributed by atoms with Crippen LogP contribution >= 0.6 is 0 Å². The van der Waals surface area contributed by atoms with Crippen LogP contribution < -0.4 is 0 Å². The van der Waals surface area contributed by atoms with Gasteiger partial charge in [-0.05, 0) is 33.3 Å². The third-order valence-electron chi connectivity index (χ3n) is 2.62. The first-order valence-electron chi connectivity index (χ1n) is 3.99. The van der Waals surface area contributed by atoms with Gasteiger partial charge >= 0.3 is 0 Å². The number of likely N-dealkylation sites (N-methyl/N-ethyl adjacent to an activating group) is 1. The number of hydrogen-bond donors (Lipinski definition) is 0. The summed E-state index contributed by atoms with van der Waals surface area (Å²) in [4.78, 5) is 6.61. The van der Waals surface area contributed by atoms with Crippen LogP contribution in [-0.2, 0) is 0 Å². The molecule has 0 N–H and O–H groups in total. The van der Waals surface area contributed by atoms with E-state index in [4.69, 9.17) is 0 Å². The molecule has 1 heterocycles. The Morgan fingerprint density at radius 2 is 1.82 bits per heavy atom. The van der Waals surface area contributed by atoms with E-state index in [1.54, 1.807) is 0 Å². The first kappa shape index (κ1) is 8.31. The smallest absolute Gasteiger partial charge is 0.101 e. The van der Waals surface area contributed by atoms with Crippen LogP contribution in [0.1, 0.15) is 27.7 Å². The summed E-state index contributed by atoms with van der Waals surface area (Å²) < 4.78 is 0. The zero-order valence-electron chi connectivity index (χ0n) is 7.97. The van der Waals surface area contributed by atoms with Gasteiger partial charge in [0.1, 0.15) is 5.84 Å². The van der Waals surface area contributed by atoms with E-state index in [2.05, 4.69) is 37.7 Å². The van der Waals surface area contributed by atoms with Gasteiger partial charge in [0.05, 0.1) is 0 Å². The maximum Gasteiger partial charge on any atom is 0.101 e. The molecule has 1 unspecified atom stereocenters. The van der Waals surface area contributed by atoms with Crippen LogP contribution in [0, 0.1) is 0 Å². The van der Waals surface area contributed by atoms with Crippen LogP contribution in [0.15, 0.2) is 16.3 Å². The molecule has 0 aliphatic carbocycles. The number of allylic oxidation sites excluding steroid dienone is 1. The molecular weight excluding hydrogens is 136 g/mol. The van der Waals surface area contributed by atoms with Gasteiger partial charge in [-0.25, -0.2) is 4.99 Å². The second kappa shape index (κ2) is 2.68. The molecule has 0 radical (unpaired) electrons. The summed E-state index contributed by atoms with van der Waals surface area (Å²) in [6.07, 6.45) is 0. The van der Waals surface area contributed by atoms with Crippen LogP contribution in [0.4, 0.5) is 0 Å². The quantitative estimate of drug-likeness (QED) is 0.518. The Balaban J connectivity index is 3.01. The summed E-state index contributed by atoms with van der Waals surface area (Å²) in [5.74, 6) is 1.11. The molecule has 11 heavy (non-hydrogen) atoms. The third-order valence-corrected chi connectivity index (χ3v) is 2.62. The lowest BCUT2D eigenvalue weighted by atomic mass is 10.1. The molecule has 0 aromatic heterocycles. The number of rotatable bonds is 0. The minimum absolute atomic E-state index is 0.507.